The molecule has 1 unspecified atom stereocenters. The van der Waals surface area contributed by atoms with E-state index >= 15 is 0 Å². The van der Waals surface area contributed by atoms with Crippen LogP contribution in [0.2, 0.25) is 0 Å². The topological polar surface area (TPSA) is 33.1 Å². The fourth-order valence-electron chi connectivity index (χ4n) is 1.91. The Kier molecular flexibility index (Phi) is 5.82. The van der Waals surface area contributed by atoms with Gasteiger partial charge in [-0.15, -0.1) is 0 Å². The first kappa shape index (κ1) is 15.2. The fraction of sp³-hybridized carbons (Fsp3) is 0.786. The van der Waals surface area contributed by atoms with Gasteiger partial charge in [0, 0.05) is 37.4 Å². The number of hydrogen-bond acceptors (Lipinski definition) is 3. The standard InChI is InChI=1S/C14H28N4/c1-11(2)17(6)9-12(3)15-7-8-18-10-16-13(4)14(18)5/h10-12,15H,7-9H2,1-6H3. The van der Waals surface area contributed by atoms with Crippen LogP contribution in [0.25, 0.3) is 0 Å². The van der Waals surface area contributed by atoms with Crippen molar-refractivity contribution in [3.8, 4) is 0 Å². The van der Waals surface area contributed by atoms with Gasteiger partial charge in [-0.05, 0) is 41.7 Å². The number of nitrogens with one attached hydrogen (secondary N) is 1. The molecule has 0 radical (unpaired) electrons. The molecule has 0 fully saturated rings. The van der Waals surface area contributed by atoms with Gasteiger partial charge in [0.05, 0.1) is 12.0 Å². The molecule has 1 atom stereocenters. The molecule has 0 saturated carbocycles. The normalized spacial score (nSPS) is 13.6. The number of nitrogens with zero attached hydrogens (tertiary/aromatic N) is 3. The molecule has 0 spiro atoms. The zero-order valence-electron chi connectivity index (χ0n) is 12.7. The van der Waals surface area contributed by atoms with Gasteiger partial charge in [-0.2, -0.15) is 0 Å². The number of likely N-dealkylation sites (N-methyl/N-ethyl adjacent to an activating group) is 1. The average Bonchev–Trinajstić information content (AvgIpc) is 2.60. The second-order valence-corrected chi connectivity index (χ2v) is 5.50. The Hall–Kier alpha value is -0.870. The predicted octanol–water partition coefficient (Wildman–Crippen LogP) is 1.82. The molecule has 0 aliphatic carbocycles. The minimum atomic E-state index is 0.516. The molecule has 0 aliphatic rings. The molecular formula is C14H28N4. The third kappa shape index (κ3) is 4.42. The quantitative estimate of drug-likeness (QED) is 0.803. The summed E-state index contributed by atoms with van der Waals surface area (Å²) in [5, 5.41) is 3.56. The predicted molar refractivity (Wildman–Crippen MR) is 76.9 cm³/mol. The van der Waals surface area contributed by atoms with Gasteiger partial charge in [0.1, 0.15) is 0 Å². The minimum absolute atomic E-state index is 0.516. The monoisotopic (exact) mass is 252 g/mol. The molecule has 104 valence electrons. The second-order valence-electron chi connectivity index (χ2n) is 5.50. The molecule has 1 rings (SSSR count). The summed E-state index contributed by atoms with van der Waals surface area (Å²) in [6.07, 6.45) is 1.93. The lowest BCUT2D eigenvalue weighted by molar-refractivity contribution is 0.246. The maximum Gasteiger partial charge on any atom is 0.0951 e. The maximum atomic E-state index is 4.31. The van der Waals surface area contributed by atoms with Crippen LogP contribution in [0.5, 0.6) is 0 Å². The van der Waals surface area contributed by atoms with Crippen molar-refractivity contribution >= 4 is 0 Å². The number of imidazole rings is 1. The van der Waals surface area contributed by atoms with Crippen molar-refractivity contribution in [1.82, 2.24) is 19.8 Å². The molecule has 18 heavy (non-hydrogen) atoms. The summed E-state index contributed by atoms with van der Waals surface area (Å²) in [6.45, 7) is 13.9. The highest BCUT2D eigenvalue weighted by molar-refractivity contribution is 5.08. The first-order chi connectivity index (χ1) is 8.41. The van der Waals surface area contributed by atoms with Gasteiger partial charge in [-0.3, -0.25) is 0 Å². The minimum Gasteiger partial charge on any atom is -0.333 e. The van der Waals surface area contributed by atoms with Crippen molar-refractivity contribution < 1.29 is 0 Å². The molecule has 1 heterocycles. The summed E-state index contributed by atoms with van der Waals surface area (Å²) in [6, 6.07) is 1.12. The summed E-state index contributed by atoms with van der Waals surface area (Å²) in [7, 11) is 2.17. The largest absolute Gasteiger partial charge is 0.333 e. The van der Waals surface area contributed by atoms with Crippen LogP contribution < -0.4 is 5.32 Å². The molecule has 0 amide bonds. The van der Waals surface area contributed by atoms with Gasteiger partial charge in [0.25, 0.3) is 0 Å². The summed E-state index contributed by atoms with van der Waals surface area (Å²) in [5.74, 6) is 0. The molecular weight excluding hydrogens is 224 g/mol. The van der Waals surface area contributed by atoms with E-state index < -0.39 is 0 Å². The Morgan fingerprint density at radius 2 is 2.00 bits per heavy atom. The molecule has 4 nitrogen and oxygen atoms in total. The van der Waals surface area contributed by atoms with Crippen LogP contribution >= 0.6 is 0 Å². The van der Waals surface area contributed by atoms with E-state index in [4.69, 9.17) is 0 Å². The van der Waals surface area contributed by atoms with Crippen LogP contribution in [0.1, 0.15) is 32.2 Å². The van der Waals surface area contributed by atoms with Crippen LogP contribution in [0.4, 0.5) is 0 Å². The lowest BCUT2D eigenvalue weighted by Gasteiger charge is -2.25. The van der Waals surface area contributed by atoms with Gasteiger partial charge in [-0.1, -0.05) is 0 Å². The molecule has 1 N–H and O–H groups in total. The molecule has 0 saturated heterocycles. The highest BCUT2D eigenvalue weighted by Crippen LogP contribution is 2.03. The van der Waals surface area contributed by atoms with E-state index in [0.717, 1.165) is 25.3 Å². The zero-order chi connectivity index (χ0) is 13.7. The van der Waals surface area contributed by atoms with E-state index in [1.807, 2.05) is 6.33 Å². The number of aryl methyl sites for hydroxylation is 1. The van der Waals surface area contributed by atoms with E-state index in [-0.39, 0.29) is 0 Å². The van der Waals surface area contributed by atoms with Gasteiger partial charge in [0.15, 0.2) is 0 Å². The third-order valence-electron chi connectivity index (χ3n) is 3.63. The van der Waals surface area contributed by atoms with Gasteiger partial charge in [-0.25, -0.2) is 4.98 Å². The van der Waals surface area contributed by atoms with E-state index in [1.54, 1.807) is 0 Å². The molecule has 0 aromatic carbocycles. The Balaban J connectivity index is 2.27. The average molecular weight is 252 g/mol. The SMILES string of the molecule is Cc1ncn(CCNC(C)CN(C)C(C)C)c1C. The summed E-state index contributed by atoms with van der Waals surface area (Å²) < 4.78 is 2.21. The second kappa shape index (κ2) is 6.90. The Bertz CT molecular complexity index is 357. The van der Waals surface area contributed by atoms with Crippen LogP contribution in [0.15, 0.2) is 6.33 Å². The van der Waals surface area contributed by atoms with Crippen molar-refractivity contribution in [2.24, 2.45) is 0 Å². The summed E-state index contributed by atoms with van der Waals surface area (Å²) in [5.41, 5.74) is 2.39. The van der Waals surface area contributed by atoms with Crippen LogP contribution in [0.3, 0.4) is 0 Å². The lowest BCUT2D eigenvalue weighted by Crippen LogP contribution is -2.41. The van der Waals surface area contributed by atoms with Crippen molar-refractivity contribution in [3.63, 3.8) is 0 Å². The summed E-state index contributed by atoms with van der Waals surface area (Å²) in [4.78, 5) is 6.68. The number of hydrogen-bond donors (Lipinski definition) is 1. The molecule has 4 heteroatoms. The first-order valence-electron chi connectivity index (χ1n) is 6.83. The molecule has 1 aromatic heterocycles. The Morgan fingerprint density at radius 3 is 2.50 bits per heavy atom. The molecule has 0 bridgehead atoms. The lowest BCUT2D eigenvalue weighted by atomic mass is 10.2. The van der Waals surface area contributed by atoms with E-state index in [2.05, 4.69) is 61.4 Å². The van der Waals surface area contributed by atoms with Gasteiger partial charge in [0.2, 0.25) is 0 Å². The number of rotatable bonds is 7. The van der Waals surface area contributed by atoms with Crippen molar-refractivity contribution in [3.05, 3.63) is 17.7 Å². The highest BCUT2D eigenvalue weighted by atomic mass is 15.1. The number of aromatic nitrogens is 2. The van der Waals surface area contributed by atoms with Gasteiger partial charge >= 0.3 is 0 Å². The Labute approximate surface area is 111 Å². The maximum absolute atomic E-state index is 4.31. The summed E-state index contributed by atoms with van der Waals surface area (Å²) >= 11 is 0. The fourth-order valence-corrected chi connectivity index (χ4v) is 1.91. The van der Waals surface area contributed by atoms with Crippen LogP contribution in [-0.2, 0) is 6.54 Å². The smallest absolute Gasteiger partial charge is 0.0951 e. The van der Waals surface area contributed by atoms with Crippen LogP contribution in [0, 0.1) is 13.8 Å². The third-order valence-corrected chi connectivity index (χ3v) is 3.63. The van der Waals surface area contributed by atoms with Gasteiger partial charge < -0.3 is 14.8 Å². The zero-order valence-corrected chi connectivity index (χ0v) is 12.7. The van der Waals surface area contributed by atoms with E-state index in [0.29, 0.717) is 12.1 Å². The van der Waals surface area contributed by atoms with Crippen molar-refractivity contribution in [2.75, 3.05) is 20.1 Å². The molecule has 1 aromatic rings. The molecule has 0 aliphatic heterocycles. The van der Waals surface area contributed by atoms with E-state index in [1.165, 1.54) is 5.69 Å². The first-order valence-corrected chi connectivity index (χ1v) is 6.83. The van der Waals surface area contributed by atoms with Crippen molar-refractivity contribution in [1.29, 1.82) is 0 Å². The van der Waals surface area contributed by atoms with E-state index in [9.17, 15) is 0 Å². The Morgan fingerprint density at radius 1 is 1.33 bits per heavy atom. The highest BCUT2D eigenvalue weighted by Gasteiger charge is 2.08. The van der Waals surface area contributed by atoms with Crippen LogP contribution in [-0.4, -0.2) is 46.7 Å². The van der Waals surface area contributed by atoms with Crippen molar-refractivity contribution in [2.45, 2.75) is 53.2 Å².